The highest BCUT2D eigenvalue weighted by molar-refractivity contribution is 5.85. The third kappa shape index (κ3) is 2.75. The Morgan fingerprint density at radius 1 is 1.11 bits per heavy atom. The second-order valence-corrected chi connectivity index (χ2v) is 3.39. The molecule has 0 unspecified atom stereocenters. The van der Waals surface area contributed by atoms with Crippen molar-refractivity contribution < 1.29 is 31.4 Å². The van der Waals surface area contributed by atoms with E-state index in [4.69, 9.17) is 5.73 Å². The fourth-order valence-corrected chi connectivity index (χ4v) is 1.35. The third-order valence-electron chi connectivity index (χ3n) is 2.14. The molecule has 9 heteroatoms. The lowest BCUT2D eigenvalue weighted by atomic mass is 10.1. The molecule has 0 spiro atoms. The van der Waals surface area contributed by atoms with Crippen LogP contribution in [-0.2, 0) is 0 Å². The molecular weight excluding hydrogens is 285 g/mol. The number of halogens is 6. The number of ether oxygens (including phenoxy) is 2. The van der Waals surface area contributed by atoms with Crippen molar-refractivity contribution in [3.8, 4) is 11.5 Å². The van der Waals surface area contributed by atoms with Gasteiger partial charge in [0.15, 0.2) is 11.5 Å². The van der Waals surface area contributed by atoms with Crippen molar-refractivity contribution >= 4 is 12.4 Å². The Kier molecular flexibility index (Phi) is 3.64. The molecule has 0 saturated heterocycles. The van der Waals surface area contributed by atoms with E-state index in [-0.39, 0.29) is 23.7 Å². The van der Waals surface area contributed by atoms with Crippen LogP contribution in [0.4, 0.5) is 22.0 Å². The van der Waals surface area contributed by atoms with Crippen LogP contribution in [0.15, 0.2) is 18.2 Å². The Morgan fingerprint density at radius 2 is 1.67 bits per heavy atom. The van der Waals surface area contributed by atoms with Gasteiger partial charge >= 0.3 is 12.5 Å². The third-order valence-corrected chi connectivity index (χ3v) is 2.14. The molecule has 1 atom stereocenters. The molecule has 0 bridgehead atoms. The van der Waals surface area contributed by atoms with Crippen molar-refractivity contribution in [2.75, 3.05) is 0 Å². The van der Waals surface area contributed by atoms with Crippen LogP contribution in [0, 0.1) is 0 Å². The maximum Gasteiger partial charge on any atom is 0.586 e. The summed E-state index contributed by atoms with van der Waals surface area (Å²) in [7, 11) is 0. The van der Waals surface area contributed by atoms with E-state index >= 15 is 0 Å². The fraction of sp³-hybridized carbons (Fsp3) is 0.333. The van der Waals surface area contributed by atoms with E-state index in [1.807, 2.05) is 0 Å². The molecular formula is C9H7ClF5NO2. The first-order chi connectivity index (χ1) is 7.69. The largest absolute Gasteiger partial charge is 0.586 e. The van der Waals surface area contributed by atoms with Gasteiger partial charge in [-0.05, 0) is 17.7 Å². The molecule has 0 radical (unpaired) electrons. The number of benzene rings is 1. The lowest BCUT2D eigenvalue weighted by molar-refractivity contribution is -0.286. The zero-order valence-corrected chi connectivity index (χ0v) is 9.32. The van der Waals surface area contributed by atoms with Crippen LogP contribution in [0.5, 0.6) is 11.5 Å². The summed E-state index contributed by atoms with van der Waals surface area (Å²) in [4.78, 5) is 0. The summed E-state index contributed by atoms with van der Waals surface area (Å²) in [6, 6.07) is 0.443. The molecule has 0 aromatic heterocycles. The molecule has 1 aliphatic rings. The molecule has 1 aromatic carbocycles. The van der Waals surface area contributed by atoms with Crippen LogP contribution >= 0.6 is 12.4 Å². The lowest BCUT2D eigenvalue weighted by Crippen LogP contribution is -2.28. The van der Waals surface area contributed by atoms with Crippen molar-refractivity contribution in [1.82, 2.24) is 0 Å². The highest BCUT2D eigenvalue weighted by atomic mass is 35.5. The normalized spacial score (nSPS) is 18.1. The molecule has 2 N–H and O–H groups in total. The number of alkyl halides is 5. The maximum absolute atomic E-state index is 12.6. The molecule has 1 aromatic rings. The zero-order valence-electron chi connectivity index (χ0n) is 8.50. The Bertz CT molecular complexity index is 451. The molecule has 0 amide bonds. The molecule has 102 valence electrons. The average Bonchev–Trinajstić information content (AvgIpc) is 2.47. The van der Waals surface area contributed by atoms with E-state index in [1.165, 1.54) is 0 Å². The van der Waals surface area contributed by atoms with Crippen molar-refractivity contribution in [3.63, 3.8) is 0 Å². The van der Waals surface area contributed by atoms with Crippen molar-refractivity contribution in [2.24, 2.45) is 5.73 Å². The van der Waals surface area contributed by atoms with Crippen LogP contribution in [0.25, 0.3) is 0 Å². The van der Waals surface area contributed by atoms with Gasteiger partial charge in [0.25, 0.3) is 0 Å². The molecule has 2 rings (SSSR count). The molecule has 1 heterocycles. The number of hydrogen-bond acceptors (Lipinski definition) is 3. The van der Waals surface area contributed by atoms with Gasteiger partial charge in [0.05, 0.1) is 0 Å². The molecule has 18 heavy (non-hydrogen) atoms. The number of hydrogen-bond donors (Lipinski definition) is 1. The van der Waals surface area contributed by atoms with Crippen LogP contribution in [-0.4, -0.2) is 12.5 Å². The summed E-state index contributed by atoms with van der Waals surface area (Å²) in [6.07, 6.45) is -8.51. The highest BCUT2D eigenvalue weighted by Gasteiger charge is 2.44. The Labute approximate surface area is 104 Å². The minimum absolute atomic E-state index is 0. The Balaban J connectivity index is 0.00000162. The summed E-state index contributed by atoms with van der Waals surface area (Å²) in [5.41, 5.74) is 4.55. The summed E-state index contributed by atoms with van der Waals surface area (Å²) in [5, 5.41) is 0. The van der Waals surface area contributed by atoms with E-state index in [0.29, 0.717) is 0 Å². The van der Waals surface area contributed by atoms with Gasteiger partial charge in [0.1, 0.15) is 6.04 Å². The SMILES string of the molecule is Cl.N[C@@H](c1ccc2c(c1)OC(F)(F)O2)C(F)(F)F. The fourth-order valence-electron chi connectivity index (χ4n) is 1.35. The lowest BCUT2D eigenvalue weighted by Gasteiger charge is -2.15. The van der Waals surface area contributed by atoms with Gasteiger partial charge in [-0.25, -0.2) is 0 Å². The van der Waals surface area contributed by atoms with Gasteiger partial charge in [-0.3, -0.25) is 0 Å². The molecule has 3 nitrogen and oxygen atoms in total. The van der Waals surface area contributed by atoms with Crippen LogP contribution in [0.1, 0.15) is 11.6 Å². The average molecular weight is 292 g/mol. The maximum atomic E-state index is 12.6. The summed E-state index contributed by atoms with van der Waals surface area (Å²) < 4.78 is 70.1. The van der Waals surface area contributed by atoms with Gasteiger partial charge in [-0.1, -0.05) is 6.07 Å². The first-order valence-electron chi connectivity index (χ1n) is 4.41. The first kappa shape index (κ1) is 14.8. The highest BCUT2D eigenvalue weighted by Crippen LogP contribution is 2.43. The standard InChI is InChI=1S/C9H6F5NO2.ClH/c10-8(11,12)7(15)4-1-2-5-6(3-4)17-9(13,14)16-5;/h1-3,7H,15H2;1H/t7-;/m0./s1. The topological polar surface area (TPSA) is 44.5 Å². The van der Waals surface area contributed by atoms with Crippen molar-refractivity contribution in [1.29, 1.82) is 0 Å². The predicted molar refractivity (Wildman–Crippen MR) is 52.9 cm³/mol. The minimum Gasteiger partial charge on any atom is -0.395 e. The van der Waals surface area contributed by atoms with E-state index < -0.39 is 24.3 Å². The van der Waals surface area contributed by atoms with E-state index in [9.17, 15) is 22.0 Å². The van der Waals surface area contributed by atoms with Gasteiger partial charge < -0.3 is 15.2 Å². The van der Waals surface area contributed by atoms with E-state index in [2.05, 4.69) is 9.47 Å². The van der Waals surface area contributed by atoms with Gasteiger partial charge in [-0.15, -0.1) is 21.2 Å². The molecule has 1 aliphatic heterocycles. The van der Waals surface area contributed by atoms with Crippen LogP contribution in [0.3, 0.4) is 0 Å². The Hall–Kier alpha value is -1.28. The molecule has 0 saturated carbocycles. The van der Waals surface area contributed by atoms with Gasteiger partial charge in [0.2, 0.25) is 0 Å². The van der Waals surface area contributed by atoms with Crippen molar-refractivity contribution in [3.05, 3.63) is 23.8 Å². The van der Waals surface area contributed by atoms with Gasteiger partial charge in [-0.2, -0.15) is 13.2 Å². The second-order valence-electron chi connectivity index (χ2n) is 3.39. The first-order valence-corrected chi connectivity index (χ1v) is 4.41. The second kappa shape index (κ2) is 4.43. The molecule has 0 fully saturated rings. The quantitative estimate of drug-likeness (QED) is 0.809. The monoisotopic (exact) mass is 291 g/mol. The number of rotatable bonds is 1. The van der Waals surface area contributed by atoms with E-state index in [1.54, 1.807) is 0 Å². The van der Waals surface area contributed by atoms with Crippen molar-refractivity contribution in [2.45, 2.75) is 18.5 Å². The van der Waals surface area contributed by atoms with Crippen LogP contribution in [0.2, 0.25) is 0 Å². The summed E-state index contributed by atoms with van der Waals surface area (Å²) in [5.74, 6) is -0.791. The minimum atomic E-state index is -4.66. The predicted octanol–water partition coefficient (Wildman–Crippen LogP) is 2.99. The smallest absolute Gasteiger partial charge is 0.395 e. The Morgan fingerprint density at radius 3 is 2.22 bits per heavy atom. The zero-order chi connectivity index (χ0) is 12.8. The summed E-state index contributed by atoms with van der Waals surface area (Å²) >= 11 is 0. The number of fused-ring (bicyclic) bond motifs is 1. The summed E-state index contributed by atoms with van der Waals surface area (Å²) in [6.45, 7) is 0. The van der Waals surface area contributed by atoms with E-state index in [0.717, 1.165) is 18.2 Å². The van der Waals surface area contributed by atoms with Gasteiger partial charge in [0, 0.05) is 0 Å². The van der Waals surface area contributed by atoms with Crippen LogP contribution < -0.4 is 15.2 Å². The molecule has 0 aliphatic carbocycles. The number of nitrogens with two attached hydrogens (primary N) is 1.